The second-order valence-electron chi connectivity index (χ2n) is 11.2. The number of imidazole rings is 1. The molecule has 0 saturated heterocycles. The van der Waals surface area contributed by atoms with Gasteiger partial charge in [0.05, 0.1) is 28.8 Å². The van der Waals surface area contributed by atoms with Crippen molar-refractivity contribution in [3.05, 3.63) is 107 Å². The molecule has 1 atom stereocenters. The van der Waals surface area contributed by atoms with E-state index in [1.54, 1.807) is 41.3 Å². The largest absolute Gasteiger partial charge is 0.478 e. The number of carbonyl (C=O) groups is 1. The number of carboxylic acids is 1. The molecule has 2 aromatic carbocycles. The highest BCUT2D eigenvalue weighted by Crippen LogP contribution is 2.50. The maximum absolute atomic E-state index is 14.2. The van der Waals surface area contributed by atoms with Crippen LogP contribution in [0.5, 0.6) is 5.88 Å². The zero-order valence-corrected chi connectivity index (χ0v) is 23.6. The Morgan fingerprint density at radius 2 is 1.98 bits per heavy atom. The zero-order valence-electron chi connectivity index (χ0n) is 23.6. The molecule has 42 heavy (non-hydrogen) atoms. The lowest BCUT2D eigenvalue weighted by molar-refractivity contribution is 0.0695. The standard InChI is InChI=1S/C33H33FN4O4/c1-3-33(12-13-33)20-38-28-16-23(32(40)41)9-10-27(28)35-29(38)18-37-14-11-22(17-31(37)39)26-5-4-6-30(36-26)42-19-24-8-7-21(2)15-25(24)34/h4-11,14-17,31,39H,3,12-13,18-20H2,1-2H3,(H,40,41). The first-order chi connectivity index (χ1) is 20.2. The molecule has 8 nitrogen and oxygen atoms in total. The van der Waals surface area contributed by atoms with Crippen LogP contribution in [0.25, 0.3) is 16.6 Å². The highest BCUT2D eigenvalue weighted by Gasteiger charge is 2.41. The molecule has 2 aromatic heterocycles. The fraction of sp³-hybridized carbons (Fsp3) is 0.303. The number of halogens is 1. The predicted molar refractivity (Wildman–Crippen MR) is 157 cm³/mol. The average Bonchev–Trinajstić information content (AvgIpc) is 3.68. The van der Waals surface area contributed by atoms with Crippen LogP contribution < -0.4 is 4.74 Å². The molecule has 0 radical (unpaired) electrons. The number of allylic oxidation sites excluding steroid dienone is 2. The maximum atomic E-state index is 14.2. The zero-order chi connectivity index (χ0) is 29.4. The van der Waals surface area contributed by atoms with Crippen LogP contribution in [-0.2, 0) is 19.7 Å². The Kier molecular flexibility index (Phi) is 7.28. The van der Waals surface area contributed by atoms with E-state index in [0.717, 1.165) is 53.8 Å². The first-order valence-corrected chi connectivity index (χ1v) is 14.2. The van der Waals surface area contributed by atoms with Crippen LogP contribution in [0.15, 0.2) is 72.9 Å². The average molecular weight is 569 g/mol. The van der Waals surface area contributed by atoms with Gasteiger partial charge in [0.1, 0.15) is 24.5 Å². The van der Waals surface area contributed by atoms with Crippen LogP contribution in [0.1, 0.15) is 59.2 Å². The summed E-state index contributed by atoms with van der Waals surface area (Å²) in [5.41, 5.74) is 4.61. The number of hydrogen-bond acceptors (Lipinski definition) is 6. The first kappa shape index (κ1) is 27.7. The van der Waals surface area contributed by atoms with Gasteiger partial charge in [0, 0.05) is 29.9 Å². The summed E-state index contributed by atoms with van der Waals surface area (Å²) in [5, 5.41) is 20.6. The van der Waals surface area contributed by atoms with Crippen LogP contribution in [0, 0.1) is 18.2 Å². The van der Waals surface area contributed by atoms with Gasteiger partial charge in [-0.3, -0.25) is 0 Å². The van der Waals surface area contributed by atoms with Crippen molar-refractivity contribution >= 4 is 22.6 Å². The molecule has 6 rings (SSSR count). The minimum Gasteiger partial charge on any atom is -0.478 e. The molecule has 0 amide bonds. The molecule has 9 heteroatoms. The quantitative estimate of drug-likeness (QED) is 0.239. The highest BCUT2D eigenvalue weighted by molar-refractivity contribution is 5.92. The van der Waals surface area contributed by atoms with Crippen molar-refractivity contribution < 1.29 is 24.1 Å². The number of carboxylic acid groups (broad SMARTS) is 1. The molecular weight excluding hydrogens is 535 g/mol. The fourth-order valence-electron chi connectivity index (χ4n) is 5.37. The number of aryl methyl sites for hydroxylation is 1. The van der Waals surface area contributed by atoms with Crippen molar-refractivity contribution in [1.29, 1.82) is 0 Å². The molecule has 4 aromatic rings. The molecule has 0 spiro atoms. The second kappa shape index (κ2) is 11.1. The molecule has 1 fully saturated rings. The van der Waals surface area contributed by atoms with Crippen LogP contribution in [0.3, 0.4) is 0 Å². The van der Waals surface area contributed by atoms with Crippen molar-refractivity contribution in [2.75, 3.05) is 0 Å². The Labute approximate surface area is 243 Å². The van der Waals surface area contributed by atoms with Gasteiger partial charge in [-0.05, 0) is 79.6 Å². The van der Waals surface area contributed by atoms with Crippen molar-refractivity contribution in [2.45, 2.75) is 59.0 Å². The topological polar surface area (TPSA) is 101 Å². The molecule has 1 aliphatic carbocycles. The second-order valence-corrected chi connectivity index (χ2v) is 11.2. The molecule has 0 bridgehead atoms. The van der Waals surface area contributed by atoms with Gasteiger partial charge in [0.25, 0.3) is 0 Å². The Balaban J connectivity index is 1.20. The van der Waals surface area contributed by atoms with Gasteiger partial charge in [-0.15, -0.1) is 0 Å². The van der Waals surface area contributed by atoms with Crippen molar-refractivity contribution in [3.63, 3.8) is 0 Å². The summed E-state index contributed by atoms with van der Waals surface area (Å²) in [6.07, 6.45) is 7.79. The van der Waals surface area contributed by atoms with Gasteiger partial charge in [-0.1, -0.05) is 25.1 Å². The van der Waals surface area contributed by atoms with Gasteiger partial charge in [-0.25, -0.2) is 19.2 Å². The van der Waals surface area contributed by atoms with Gasteiger partial charge in [0.2, 0.25) is 5.88 Å². The van der Waals surface area contributed by atoms with Crippen LogP contribution in [0.4, 0.5) is 4.39 Å². The maximum Gasteiger partial charge on any atom is 0.335 e. The number of fused-ring (bicyclic) bond motifs is 1. The normalized spacial score (nSPS) is 17.4. The van der Waals surface area contributed by atoms with Crippen molar-refractivity contribution in [3.8, 4) is 5.88 Å². The summed E-state index contributed by atoms with van der Waals surface area (Å²) >= 11 is 0. The van der Waals surface area contributed by atoms with E-state index in [2.05, 4.69) is 16.5 Å². The van der Waals surface area contributed by atoms with Gasteiger partial charge < -0.3 is 24.4 Å². The van der Waals surface area contributed by atoms with Gasteiger partial charge >= 0.3 is 5.97 Å². The van der Waals surface area contributed by atoms with Crippen LogP contribution in [0.2, 0.25) is 0 Å². The first-order valence-electron chi connectivity index (χ1n) is 14.2. The van der Waals surface area contributed by atoms with Crippen LogP contribution >= 0.6 is 0 Å². The molecule has 216 valence electrons. The summed E-state index contributed by atoms with van der Waals surface area (Å²) < 4.78 is 22.1. The Bertz CT molecular complexity index is 1720. The highest BCUT2D eigenvalue weighted by atomic mass is 19.1. The third-order valence-corrected chi connectivity index (χ3v) is 8.32. The van der Waals surface area contributed by atoms with Crippen molar-refractivity contribution in [1.82, 2.24) is 19.4 Å². The third kappa shape index (κ3) is 5.65. The molecule has 2 aliphatic rings. The number of ether oxygens (including phenoxy) is 1. The number of aromatic nitrogens is 3. The predicted octanol–water partition coefficient (Wildman–Crippen LogP) is 6.08. The Morgan fingerprint density at radius 3 is 2.69 bits per heavy atom. The van der Waals surface area contributed by atoms with E-state index < -0.39 is 12.2 Å². The lowest BCUT2D eigenvalue weighted by Gasteiger charge is -2.28. The van der Waals surface area contributed by atoms with Crippen molar-refractivity contribution in [2.24, 2.45) is 5.41 Å². The van der Waals surface area contributed by atoms with Gasteiger partial charge in [-0.2, -0.15) is 0 Å². The number of aromatic carboxylic acids is 1. The van der Waals surface area contributed by atoms with E-state index >= 15 is 0 Å². The molecule has 3 heterocycles. The number of hydrogen-bond donors (Lipinski definition) is 2. The third-order valence-electron chi connectivity index (χ3n) is 8.32. The van der Waals surface area contributed by atoms with E-state index in [4.69, 9.17) is 9.72 Å². The fourth-order valence-corrected chi connectivity index (χ4v) is 5.37. The van der Waals surface area contributed by atoms with E-state index in [1.807, 2.05) is 37.4 Å². The lowest BCUT2D eigenvalue weighted by Crippen LogP contribution is -2.32. The number of aliphatic hydroxyl groups excluding tert-OH is 1. The molecule has 1 saturated carbocycles. The minimum atomic E-state index is -0.972. The summed E-state index contributed by atoms with van der Waals surface area (Å²) in [5.74, 6) is -0.159. The van der Waals surface area contributed by atoms with E-state index in [9.17, 15) is 19.4 Å². The SMILES string of the molecule is CCC1(Cn2c(CN3C=CC(c4cccc(OCc5ccc(C)cc5F)n4)=CC3O)nc3ccc(C(=O)O)cc32)CC1. The monoisotopic (exact) mass is 568 g/mol. The summed E-state index contributed by atoms with van der Waals surface area (Å²) in [6, 6.07) is 15.4. The van der Waals surface area contributed by atoms with E-state index in [1.165, 1.54) is 6.07 Å². The van der Waals surface area contributed by atoms with E-state index in [0.29, 0.717) is 23.7 Å². The van der Waals surface area contributed by atoms with Crippen LogP contribution in [-0.4, -0.2) is 41.8 Å². The number of nitrogens with zero attached hydrogens (tertiary/aromatic N) is 4. The number of rotatable bonds is 10. The Hall–Kier alpha value is -4.50. The summed E-state index contributed by atoms with van der Waals surface area (Å²) in [6.45, 7) is 5.19. The summed E-state index contributed by atoms with van der Waals surface area (Å²) in [7, 11) is 0. The molecule has 1 aliphatic heterocycles. The molecule has 2 N–H and O–H groups in total. The number of pyridine rings is 1. The Morgan fingerprint density at radius 1 is 1.14 bits per heavy atom. The number of aliphatic hydroxyl groups is 1. The molecule has 1 unspecified atom stereocenters. The summed E-state index contributed by atoms with van der Waals surface area (Å²) in [4.78, 5) is 22.8. The minimum absolute atomic E-state index is 0.0577. The number of benzene rings is 2. The molecular formula is C33H33FN4O4. The smallest absolute Gasteiger partial charge is 0.335 e. The lowest BCUT2D eigenvalue weighted by atomic mass is 10.0. The van der Waals surface area contributed by atoms with E-state index in [-0.39, 0.29) is 23.4 Å². The van der Waals surface area contributed by atoms with Gasteiger partial charge in [0.15, 0.2) is 0 Å².